The summed E-state index contributed by atoms with van der Waals surface area (Å²) in [6, 6.07) is 16.8. The van der Waals surface area contributed by atoms with E-state index in [1.165, 1.54) is 0 Å². The van der Waals surface area contributed by atoms with Crippen LogP contribution in [-0.2, 0) is 10.2 Å². The van der Waals surface area contributed by atoms with Gasteiger partial charge in [0.25, 0.3) is 5.91 Å². The van der Waals surface area contributed by atoms with Gasteiger partial charge >= 0.3 is 6.09 Å². The fourth-order valence-electron chi connectivity index (χ4n) is 4.32. The molecule has 1 fully saturated rings. The Labute approximate surface area is 200 Å². The Morgan fingerprint density at radius 1 is 1.09 bits per heavy atom. The third kappa shape index (κ3) is 6.42. The molecule has 3 N–H and O–H groups in total. The Hall–Kier alpha value is -3.23. The molecule has 0 aliphatic heterocycles. The zero-order valence-electron chi connectivity index (χ0n) is 19.7. The Morgan fingerprint density at radius 3 is 2.38 bits per heavy atom. The number of aliphatic hydroxyl groups excluding tert-OH is 1. The number of aldehydes is 1. The molecule has 2 aromatic carbocycles. The molecule has 1 unspecified atom stereocenters. The fraction of sp³-hybridized carbons (Fsp3) is 0.423. The molecule has 0 saturated heterocycles. The molecule has 0 radical (unpaired) electrons. The summed E-state index contributed by atoms with van der Waals surface area (Å²) in [6.45, 7) is 0.498. The van der Waals surface area contributed by atoms with E-state index < -0.39 is 12.3 Å². The molecular weight excluding hydrogens is 434 g/mol. The van der Waals surface area contributed by atoms with Gasteiger partial charge in [0.2, 0.25) is 0 Å². The van der Waals surface area contributed by atoms with Crippen molar-refractivity contribution < 1.29 is 24.2 Å². The van der Waals surface area contributed by atoms with Crippen molar-refractivity contribution in [2.75, 3.05) is 27.2 Å². The Kier molecular flexibility index (Phi) is 8.79. The maximum Gasteiger partial charge on any atom is 0.407 e. The third-order valence-electron chi connectivity index (χ3n) is 6.49. The molecule has 8 heteroatoms. The van der Waals surface area contributed by atoms with Gasteiger partial charge in [-0.1, -0.05) is 48.5 Å². The van der Waals surface area contributed by atoms with Crippen LogP contribution in [0.3, 0.4) is 0 Å². The lowest BCUT2D eigenvalue weighted by Gasteiger charge is -2.40. The van der Waals surface area contributed by atoms with Gasteiger partial charge in [-0.3, -0.25) is 14.5 Å². The second-order valence-electron chi connectivity index (χ2n) is 8.96. The number of hydrogen-bond donors (Lipinski definition) is 3. The maximum absolute atomic E-state index is 12.9. The third-order valence-corrected chi connectivity index (χ3v) is 6.49. The van der Waals surface area contributed by atoms with Crippen LogP contribution in [0.4, 0.5) is 4.79 Å². The molecule has 1 atom stereocenters. The highest BCUT2D eigenvalue weighted by atomic mass is 16.6. The topological polar surface area (TPSA) is 108 Å². The summed E-state index contributed by atoms with van der Waals surface area (Å²) in [4.78, 5) is 37.9. The van der Waals surface area contributed by atoms with E-state index in [1.54, 1.807) is 43.3 Å². The predicted molar refractivity (Wildman–Crippen MR) is 129 cm³/mol. The molecule has 8 nitrogen and oxygen atoms in total. The molecule has 3 rings (SSSR count). The van der Waals surface area contributed by atoms with E-state index in [9.17, 15) is 19.5 Å². The fourth-order valence-corrected chi connectivity index (χ4v) is 4.32. The molecule has 1 saturated carbocycles. The smallest absolute Gasteiger partial charge is 0.407 e. The molecule has 1 aliphatic carbocycles. The van der Waals surface area contributed by atoms with Gasteiger partial charge in [0.05, 0.1) is 6.54 Å². The van der Waals surface area contributed by atoms with Crippen molar-refractivity contribution in [3.05, 3.63) is 71.3 Å². The summed E-state index contributed by atoms with van der Waals surface area (Å²) >= 11 is 0. The first kappa shape index (κ1) is 25.4. The summed E-state index contributed by atoms with van der Waals surface area (Å²) in [5.74, 6) is -0.282. The number of ether oxygens (including phenoxy) is 1. The zero-order chi connectivity index (χ0) is 24.6. The Balaban J connectivity index is 1.63. The monoisotopic (exact) mass is 467 g/mol. The number of aliphatic hydroxyl groups is 1. The standard InChI is InChI=1S/C26H33N3O5/c1-29(2)23(31)16-27-25(33)34-21-12-14-26(15-13-21,20-9-4-3-5-10-20)18-28-24(32)22-11-7-6-8-19(22)17-30/h3-11,17,21,23,31H,12-16,18H2,1-2H3,(H,27,33)(H,28,32). The molecular formula is C26H33N3O5. The van der Waals surface area contributed by atoms with Crippen molar-refractivity contribution in [1.29, 1.82) is 0 Å². The van der Waals surface area contributed by atoms with E-state index in [4.69, 9.17) is 4.74 Å². The maximum atomic E-state index is 12.9. The van der Waals surface area contributed by atoms with E-state index >= 15 is 0 Å². The molecule has 0 bridgehead atoms. The lowest BCUT2D eigenvalue weighted by atomic mass is 9.68. The van der Waals surface area contributed by atoms with E-state index in [0.717, 1.165) is 18.4 Å². The first-order valence-electron chi connectivity index (χ1n) is 11.5. The highest BCUT2D eigenvalue weighted by molar-refractivity contribution is 6.01. The highest BCUT2D eigenvalue weighted by Gasteiger charge is 2.38. The van der Waals surface area contributed by atoms with Gasteiger partial charge in [0.15, 0.2) is 6.29 Å². The zero-order valence-corrected chi connectivity index (χ0v) is 19.7. The van der Waals surface area contributed by atoms with Crippen molar-refractivity contribution in [2.45, 2.75) is 43.4 Å². The van der Waals surface area contributed by atoms with Crippen LogP contribution in [0.15, 0.2) is 54.6 Å². The Bertz CT molecular complexity index is 971. The summed E-state index contributed by atoms with van der Waals surface area (Å²) in [7, 11) is 3.44. The summed E-state index contributed by atoms with van der Waals surface area (Å²) < 4.78 is 5.57. The van der Waals surface area contributed by atoms with Gasteiger partial charge in [-0.2, -0.15) is 0 Å². The SMILES string of the molecule is CN(C)C(O)CNC(=O)OC1CCC(CNC(=O)c2ccccc2C=O)(c2ccccc2)CC1. The second-order valence-corrected chi connectivity index (χ2v) is 8.96. The lowest BCUT2D eigenvalue weighted by Crippen LogP contribution is -2.46. The van der Waals surface area contributed by atoms with Gasteiger partial charge in [-0.15, -0.1) is 0 Å². The van der Waals surface area contributed by atoms with E-state index in [2.05, 4.69) is 22.8 Å². The first-order valence-corrected chi connectivity index (χ1v) is 11.5. The van der Waals surface area contributed by atoms with Crippen LogP contribution < -0.4 is 10.6 Å². The van der Waals surface area contributed by atoms with Crippen molar-refractivity contribution in [1.82, 2.24) is 15.5 Å². The molecule has 0 heterocycles. The number of carbonyl (C=O) groups excluding carboxylic acids is 3. The van der Waals surface area contributed by atoms with Crippen LogP contribution in [0.25, 0.3) is 0 Å². The molecule has 182 valence electrons. The normalized spacial score (nSPS) is 20.9. The molecule has 0 aromatic heterocycles. The quantitative estimate of drug-likeness (QED) is 0.387. The van der Waals surface area contributed by atoms with Crippen LogP contribution >= 0.6 is 0 Å². The molecule has 1 aliphatic rings. The van der Waals surface area contributed by atoms with Crippen LogP contribution in [0.5, 0.6) is 0 Å². The van der Waals surface area contributed by atoms with Crippen molar-refractivity contribution >= 4 is 18.3 Å². The van der Waals surface area contributed by atoms with E-state index in [0.29, 0.717) is 36.8 Å². The second kappa shape index (κ2) is 11.8. The van der Waals surface area contributed by atoms with Crippen LogP contribution in [0, 0.1) is 0 Å². The van der Waals surface area contributed by atoms with Gasteiger partial charge < -0.3 is 20.5 Å². The van der Waals surface area contributed by atoms with Gasteiger partial charge in [0.1, 0.15) is 12.3 Å². The van der Waals surface area contributed by atoms with Crippen LogP contribution in [0.2, 0.25) is 0 Å². The lowest BCUT2D eigenvalue weighted by molar-refractivity contribution is 0.0292. The number of carbonyl (C=O) groups is 3. The minimum atomic E-state index is -0.780. The molecule has 2 amide bonds. The number of alkyl carbamates (subject to hydrolysis) is 1. The molecule has 34 heavy (non-hydrogen) atoms. The molecule has 0 spiro atoms. The van der Waals surface area contributed by atoms with Gasteiger partial charge in [-0.05, 0) is 51.4 Å². The summed E-state index contributed by atoms with van der Waals surface area (Å²) in [5.41, 5.74) is 1.53. The largest absolute Gasteiger partial charge is 0.446 e. The van der Waals surface area contributed by atoms with E-state index in [1.807, 2.05) is 18.2 Å². The van der Waals surface area contributed by atoms with Gasteiger partial charge in [0, 0.05) is 23.1 Å². The first-order chi connectivity index (χ1) is 16.3. The number of rotatable bonds is 9. The minimum absolute atomic E-state index is 0.0841. The number of amides is 2. The number of benzene rings is 2. The van der Waals surface area contributed by atoms with Gasteiger partial charge in [-0.25, -0.2) is 4.79 Å². The number of nitrogens with zero attached hydrogens (tertiary/aromatic N) is 1. The Morgan fingerprint density at radius 2 is 1.74 bits per heavy atom. The number of hydrogen-bond acceptors (Lipinski definition) is 6. The average molecular weight is 468 g/mol. The predicted octanol–water partition coefficient (Wildman–Crippen LogP) is 2.72. The average Bonchev–Trinajstić information content (AvgIpc) is 2.87. The van der Waals surface area contributed by atoms with Crippen LogP contribution in [0.1, 0.15) is 52.0 Å². The summed E-state index contributed by atoms with van der Waals surface area (Å²) in [6.07, 6.45) is 1.89. The minimum Gasteiger partial charge on any atom is -0.446 e. The van der Waals surface area contributed by atoms with Crippen molar-refractivity contribution in [3.8, 4) is 0 Å². The van der Waals surface area contributed by atoms with E-state index in [-0.39, 0.29) is 24.0 Å². The van der Waals surface area contributed by atoms with Crippen molar-refractivity contribution in [2.24, 2.45) is 0 Å². The highest BCUT2D eigenvalue weighted by Crippen LogP contribution is 2.40. The van der Waals surface area contributed by atoms with Crippen molar-refractivity contribution in [3.63, 3.8) is 0 Å². The number of nitrogens with one attached hydrogen (secondary N) is 2. The summed E-state index contributed by atoms with van der Waals surface area (Å²) in [5, 5.41) is 15.4. The van der Waals surface area contributed by atoms with Crippen LogP contribution in [-0.4, -0.2) is 67.8 Å². The molecule has 2 aromatic rings. The number of likely N-dealkylation sites (N-methyl/N-ethyl adjacent to an activating group) is 1.